The molecule has 0 radical (unpaired) electrons. The minimum atomic E-state index is 0.778. The van der Waals surface area contributed by atoms with E-state index >= 15 is 0 Å². The van der Waals surface area contributed by atoms with Crippen LogP contribution in [0.5, 0.6) is 0 Å². The zero-order valence-corrected chi connectivity index (χ0v) is 6.87. The summed E-state index contributed by atoms with van der Waals surface area (Å²) in [4.78, 5) is 0. The Hall–Kier alpha value is 0.270. The Bertz CT molecular complexity index is 34.8. The van der Waals surface area contributed by atoms with E-state index in [2.05, 4.69) is 0 Å². The number of hydrogen-bond donors (Lipinski definition) is 0. The Kier molecular flexibility index (Phi) is 8.52. The molecule has 2 nitrogen and oxygen atoms in total. The first-order chi connectivity index (χ1) is 4.41. The summed E-state index contributed by atoms with van der Waals surface area (Å²) in [7, 11) is 0. The van der Waals surface area contributed by atoms with E-state index in [-0.39, 0.29) is 0 Å². The Balaban J connectivity index is 0.000000187. The molecule has 0 N–H and O–H groups in total. The molecule has 1 heterocycles. The molecule has 0 aliphatic carbocycles. The van der Waals surface area contributed by atoms with E-state index in [0.717, 1.165) is 26.4 Å². The van der Waals surface area contributed by atoms with Crippen molar-refractivity contribution in [1.82, 2.24) is 0 Å². The highest BCUT2D eigenvalue weighted by Gasteiger charge is 1.94. The second kappa shape index (κ2) is 8.27. The van der Waals surface area contributed by atoms with Crippen LogP contribution in [0.1, 0.15) is 0 Å². The smallest absolute Gasteiger partial charge is 0.0701 e. The molecular formula is C6H14O2S. The molecule has 0 spiro atoms. The van der Waals surface area contributed by atoms with E-state index in [9.17, 15) is 0 Å². The van der Waals surface area contributed by atoms with Crippen LogP contribution in [0.4, 0.5) is 0 Å². The van der Waals surface area contributed by atoms with Gasteiger partial charge in [0.05, 0.1) is 26.4 Å². The van der Waals surface area contributed by atoms with Gasteiger partial charge in [0.25, 0.3) is 0 Å². The Morgan fingerprint density at radius 1 is 0.889 bits per heavy atom. The van der Waals surface area contributed by atoms with Gasteiger partial charge in [-0.25, -0.2) is 0 Å². The topological polar surface area (TPSA) is 18.5 Å². The van der Waals surface area contributed by atoms with Crippen LogP contribution in [-0.4, -0.2) is 38.9 Å². The lowest BCUT2D eigenvalue weighted by Crippen LogP contribution is -2.16. The fourth-order valence-corrected chi connectivity index (χ4v) is 0.440. The lowest BCUT2D eigenvalue weighted by Gasteiger charge is -2.09. The van der Waals surface area contributed by atoms with Crippen LogP contribution in [0, 0.1) is 0 Å². The normalized spacial score (nSPS) is 18.0. The molecule has 1 fully saturated rings. The van der Waals surface area contributed by atoms with Crippen LogP contribution < -0.4 is 0 Å². The summed E-state index contributed by atoms with van der Waals surface area (Å²) in [6.45, 7) is 3.11. The summed E-state index contributed by atoms with van der Waals surface area (Å²) in [6.07, 6.45) is 4.08. The number of hydrogen-bond acceptors (Lipinski definition) is 3. The fourth-order valence-electron chi connectivity index (χ4n) is 0.440. The van der Waals surface area contributed by atoms with Crippen LogP contribution in [0.15, 0.2) is 0 Å². The largest absolute Gasteiger partial charge is 0.377 e. The third kappa shape index (κ3) is 8.27. The standard InChI is InChI=1S/C4H8O2.C2H6S/c1-2-6-4-3-5-1;1-3-2/h1-4H2;1-2H3. The summed E-state index contributed by atoms with van der Waals surface area (Å²) in [6, 6.07) is 0. The van der Waals surface area contributed by atoms with Gasteiger partial charge in [-0.15, -0.1) is 0 Å². The molecule has 0 amide bonds. The van der Waals surface area contributed by atoms with Crippen molar-refractivity contribution >= 4 is 11.8 Å². The molecule has 0 saturated carbocycles. The van der Waals surface area contributed by atoms with Gasteiger partial charge in [-0.3, -0.25) is 0 Å². The second-order valence-electron chi connectivity index (χ2n) is 1.63. The van der Waals surface area contributed by atoms with E-state index in [1.807, 2.05) is 12.5 Å². The first-order valence-corrected chi connectivity index (χ1v) is 4.60. The maximum Gasteiger partial charge on any atom is 0.0701 e. The average Bonchev–Trinajstić information content (AvgIpc) is 1.93. The lowest BCUT2D eigenvalue weighted by molar-refractivity contribution is -0.0334. The molecule has 1 aliphatic heterocycles. The fraction of sp³-hybridized carbons (Fsp3) is 1.00. The minimum absolute atomic E-state index is 0.778. The van der Waals surface area contributed by atoms with E-state index < -0.39 is 0 Å². The van der Waals surface area contributed by atoms with Crippen molar-refractivity contribution in [3.8, 4) is 0 Å². The number of rotatable bonds is 0. The van der Waals surface area contributed by atoms with Crippen LogP contribution in [0.25, 0.3) is 0 Å². The van der Waals surface area contributed by atoms with Crippen molar-refractivity contribution in [3.05, 3.63) is 0 Å². The molecule has 0 aromatic carbocycles. The highest BCUT2D eigenvalue weighted by Crippen LogP contribution is 1.85. The van der Waals surface area contributed by atoms with Crippen LogP contribution in [0.2, 0.25) is 0 Å². The van der Waals surface area contributed by atoms with Crippen molar-refractivity contribution in [1.29, 1.82) is 0 Å². The number of ether oxygens (including phenoxy) is 2. The quantitative estimate of drug-likeness (QED) is 0.513. The predicted octanol–water partition coefficient (Wildman–Crippen LogP) is 1.01. The van der Waals surface area contributed by atoms with Crippen LogP contribution >= 0.6 is 11.8 Å². The molecule has 1 rings (SSSR count). The SMILES string of the molecule is C1COCCO1.CSC. The first-order valence-electron chi connectivity index (χ1n) is 2.97. The van der Waals surface area contributed by atoms with Gasteiger partial charge < -0.3 is 9.47 Å². The van der Waals surface area contributed by atoms with Gasteiger partial charge in [0.2, 0.25) is 0 Å². The van der Waals surface area contributed by atoms with E-state index in [1.165, 1.54) is 0 Å². The summed E-state index contributed by atoms with van der Waals surface area (Å²) in [5, 5.41) is 0. The van der Waals surface area contributed by atoms with Crippen molar-refractivity contribution in [2.45, 2.75) is 0 Å². The first kappa shape index (κ1) is 9.27. The molecule has 0 aromatic heterocycles. The third-order valence-electron chi connectivity index (χ3n) is 0.744. The monoisotopic (exact) mass is 150 g/mol. The summed E-state index contributed by atoms with van der Waals surface area (Å²) < 4.78 is 9.89. The maximum atomic E-state index is 4.94. The highest BCUT2D eigenvalue weighted by atomic mass is 32.2. The molecule has 9 heavy (non-hydrogen) atoms. The molecule has 1 aliphatic rings. The highest BCUT2D eigenvalue weighted by molar-refractivity contribution is 7.97. The zero-order chi connectivity index (χ0) is 6.95. The van der Waals surface area contributed by atoms with Gasteiger partial charge in [0.1, 0.15) is 0 Å². The van der Waals surface area contributed by atoms with Crippen LogP contribution in [0.3, 0.4) is 0 Å². The second-order valence-corrected chi connectivity index (χ2v) is 2.45. The molecular weight excluding hydrogens is 136 g/mol. The Labute approximate surface area is 60.9 Å². The molecule has 0 atom stereocenters. The Morgan fingerprint density at radius 3 is 1.22 bits per heavy atom. The molecule has 1 saturated heterocycles. The molecule has 56 valence electrons. The van der Waals surface area contributed by atoms with Crippen molar-refractivity contribution in [2.75, 3.05) is 38.9 Å². The van der Waals surface area contributed by atoms with E-state index in [4.69, 9.17) is 9.47 Å². The summed E-state index contributed by atoms with van der Waals surface area (Å²) in [5.41, 5.74) is 0. The van der Waals surface area contributed by atoms with Gasteiger partial charge in [0.15, 0.2) is 0 Å². The van der Waals surface area contributed by atoms with Gasteiger partial charge in [-0.05, 0) is 12.5 Å². The van der Waals surface area contributed by atoms with Crippen molar-refractivity contribution in [2.24, 2.45) is 0 Å². The summed E-state index contributed by atoms with van der Waals surface area (Å²) >= 11 is 1.75. The van der Waals surface area contributed by atoms with E-state index in [0.29, 0.717) is 0 Å². The summed E-state index contributed by atoms with van der Waals surface area (Å²) in [5.74, 6) is 0. The van der Waals surface area contributed by atoms with Crippen LogP contribution in [-0.2, 0) is 9.47 Å². The van der Waals surface area contributed by atoms with Crippen molar-refractivity contribution in [3.63, 3.8) is 0 Å². The lowest BCUT2D eigenvalue weighted by atomic mass is 10.6. The zero-order valence-electron chi connectivity index (χ0n) is 6.05. The van der Waals surface area contributed by atoms with Gasteiger partial charge >= 0.3 is 0 Å². The molecule has 0 unspecified atom stereocenters. The van der Waals surface area contributed by atoms with Crippen molar-refractivity contribution < 1.29 is 9.47 Å². The maximum absolute atomic E-state index is 4.94. The van der Waals surface area contributed by atoms with Gasteiger partial charge in [0, 0.05) is 0 Å². The minimum Gasteiger partial charge on any atom is -0.377 e. The molecule has 3 heteroatoms. The average molecular weight is 150 g/mol. The van der Waals surface area contributed by atoms with Gasteiger partial charge in [-0.2, -0.15) is 11.8 Å². The third-order valence-corrected chi connectivity index (χ3v) is 0.744. The van der Waals surface area contributed by atoms with E-state index in [1.54, 1.807) is 11.8 Å². The predicted molar refractivity (Wildman–Crippen MR) is 41.1 cm³/mol. The number of thioether (sulfide) groups is 1. The Morgan fingerprint density at radius 2 is 1.11 bits per heavy atom. The molecule has 0 bridgehead atoms. The van der Waals surface area contributed by atoms with Gasteiger partial charge in [-0.1, -0.05) is 0 Å². The molecule has 0 aromatic rings.